The Morgan fingerprint density at radius 1 is 1.27 bits per heavy atom. The lowest BCUT2D eigenvalue weighted by molar-refractivity contribution is 0.365. The molecule has 2 aromatic rings. The molecule has 0 saturated carbocycles. The Bertz CT molecular complexity index is 493. The van der Waals surface area contributed by atoms with E-state index in [2.05, 4.69) is 27.0 Å². The summed E-state index contributed by atoms with van der Waals surface area (Å²) in [7, 11) is -0.215. The van der Waals surface area contributed by atoms with E-state index < -0.39 is 0 Å². The van der Waals surface area contributed by atoms with Crippen LogP contribution in [0.4, 0.5) is 0 Å². The molecule has 5 heteroatoms. The first-order valence-electron chi connectivity index (χ1n) is 4.84. The Morgan fingerprint density at radius 2 is 2.07 bits per heavy atom. The Hall–Kier alpha value is -0.775. The highest BCUT2D eigenvalue weighted by molar-refractivity contribution is 9.10. The van der Waals surface area contributed by atoms with Gasteiger partial charge in [-0.1, -0.05) is 15.9 Å². The Kier molecular flexibility index (Phi) is 2.31. The van der Waals surface area contributed by atoms with Crippen molar-refractivity contribution in [2.24, 2.45) is 0 Å². The van der Waals surface area contributed by atoms with E-state index in [1.807, 2.05) is 18.3 Å². The molecule has 1 aromatic carbocycles. The summed E-state index contributed by atoms with van der Waals surface area (Å²) in [5, 5.41) is 1.15. The van der Waals surface area contributed by atoms with Crippen LogP contribution in [0.25, 0.3) is 10.9 Å². The van der Waals surface area contributed by atoms with Gasteiger partial charge >= 0.3 is 7.12 Å². The van der Waals surface area contributed by atoms with Crippen molar-refractivity contribution < 1.29 is 9.31 Å². The third-order valence-corrected chi connectivity index (χ3v) is 3.04. The van der Waals surface area contributed by atoms with Crippen molar-refractivity contribution in [1.82, 2.24) is 4.98 Å². The standard InChI is InChI=1S/C10H9BBrNO2/c12-7-1-2-10-8(5-7)9(6-13-10)11-14-3-4-15-11/h1-2,5-6,13H,3-4H2. The monoisotopic (exact) mass is 265 g/mol. The zero-order valence-corrected chi connectivity index (χ0v) is 9.58. The molecule has 76 valence electrons. The number of nitrogens with one attached hydrogen (secondary N) is 1. The van der Waals surface area contributed by atoms with Crippen molar-refractivity contribution in [2.75, 3.05) is 13.2 Å². The number of hydrogen-bond donors (Lipinski definition) is 1. The van der Waals surface area contributed by atoms with Crippen LogP contribution in [0.5, 0.6) is 0 Å². The van der Waals surface area contributed by atoms with Crippen molar-refractivity contribution in [3.63, 3.8) is 0 Å². The largest absolute Gasteiger partial charge is 0.496 e. The first-order chi connectivity index (χ1) is 7.34. The van der Waals surface area contributed by atoms with Gasteiger partial charge in [-0.05, 0) is 18.2 Å². The van der Waals surface area contributed by atoms with E-state index in [-0.39, 0.29) is 7.12 Å². The molecule has 2 heterocycles. The maximum absolute atomic E-state index is 5.49. The molecule has 1 fully saturated rings. The number of halogens is 1. The topological polar surface area (TPSA) is 34.2 Å². The zero-order valence-electron chi connectivity index (χ0n) is 8.00. The zero-order chi connectivity index (χ0) is 10.3. The number of H-pyrrole nitrogens is 1. The summed E-state index contributed by atoms with van der Waals surface area (Å²) in [5.41, 5.74) is 2.18. The molecule has 0 amide bonds. The number of rotatable bonds is 1. The number of hydrogen-bond acceptors (Lipinski definition) is 2. The van der Waals surface area contributed by atoms with Crippen molar-refractivity contribution in [1.29, 1.82) is 0 Å². The van der Waals surface area contributed by atoms with Crippen LogP contribution in [-0.2, 0) is 9.31 Å². The predicted octanol–water partition coefficient (Wildman–Crippen LogP) is 1.67. The SMILES string of the molecule is Brc1ccc2[nH]cc(B3OCCO3)c2c1. The van der Waals surface area contributed by atoms with Gasteiger partial charge in [-0.15, -0.1) is 0 Å². The van der Waals surface area contributed by atoms with Gasteiger partial charge in [-0.3, -0.25) is 0 Å². The molecule has 0 unspecified atom stereocenters. The Balaban J connectivity index is 2.13. The van der Waals surface area contributed by atoms with Gasteiger partial charge in [0, 0.05) is 27.0 Å². The van der Waals surface area contributed by atoms with Gasteiger partial charge in [0.25, 0.3) is 0 Å². The molecule has 3 nitrogen and oxygen atoms in total. The predicted molar refractivity (Wildman–Crippen MR) is 63.3 cm³/mol. The molecule has 0 spiro atoms. The minimum absolute atomic E-state index is 0.215. The normalized spacial score (nSPS) is 16.5. The van der Waals surface area contributed by atoms with Gasteiger partial charge in [0.05, 0.1) is 13.2 Å². The van der Waals surface area contributed by atoms with E-state index in [1.165, 1.54) is 0 Å². The van der Waals surface area contributed by atoms with Gasteiger partial charge in [-0.25, -0.2) is 0 Å². The summed E-state index contributed by atoms with van der Waals surface area (Å²) in [6.45, 7) is 1.34. The molecule has 1 saturated heterocycles. The second-order valence-corrected chi connectivity index (χ2v) is 4.42. The summed E-state index contributed by atoms with van der Waals surface area (Å²) in [6, 6.07) is 6.13. The van der Waals surface area contributed by atoms with Crippen LogP contribution in [0.15, 0.2) is 28.9 Å². The van der Waals surface area contributed by atoms with Gasteiger partial charge < -0.3 is 14.3 Å². The molecule has 15 heavy (non-hydrogen) atoms. The van der Waals surface area contributed by atoms with E-state index in [0.717, 1.165) is 20.8 Å². The van der Waals surface area contributed by atoms with E-state index in [1.54, 1.807) is 0 Å². The van der Waals surface area contributed by atoms with Gasteiger partial charge in [0.15, 0.2) is 0 Å². The third kappa shape index (κ3) is 1.60. The minimum Gasteiger partial charge on any atom is -0.405 e. The Labute approximate surface area is 96.0 Å². The van der Waals surface area contributed by atoms with Crippen LogP contribution < -0.4 is 5.46 Å². The van der Waals surface area contributed by atoms with Gasteiger partial charge in [0.1, 0.15) is 0 Å². The summed E-state index contributed by atoms with van der Waals surface area (Å²) in [6.07, 6.45) is 1.95. The fraction of sp³-hybridized carbons (Fsp3) is 0.200. The third-order valence-electron chi connectivity index (χ3n) is 2.55. The second kappa shape index (κ2) is 3.66. The fourth-order valence-corrected chi connectivity index (χ4v) is 2.21. The molecule has 1 aliphatic heterocycles. The molecule has 0 radical (unpaired) electrons. The van der Waals surface area contributed by atoms with Crippen molar-refractivity contribution in [2.45, 2.75) is 0 Å². The van der Waals surface area contributed by atoms with Crippen LogP contribution in [0.2, 0.25) is 0 Å². The van der Waals surface area contributed by atoms with Crippen LogP contribution >= 0.6 is 15.9 Å². The highest BCUT2D eigenvalue weighted by Crippen LogP contribution is 2.18. The number of benzene rings is 1. The molecule has 1 N–H and O–H groups in total. The highest BCUT2D eigenvalue weighted by atomic mass is 79.9. The maximum atomic E-state index is 5.49. The first kappa shape index (κ1) is 9.45. The van der Waals surface area contributed by atoms with Crippen molar-refractivity contribution in [3.05, 3.63) is 28.9 Å². The van der Waals surface area contributed by atoms with E-state index in [4.69, 9.17) is 9.31 Å². The molecule has 0 aliphatic carbocycles. The molecule has 0 bridgehead atoms. The molecular weight excluding hydrogens is 257 g/mol. The molecule has 1 aliphatic rings. The van der Waals surface area contributed by atoms with Gasteiger partial charge in [0.2, 0.25) is 0 Å². The second-order valence-electron chi connectivity index (χ2n) is 3.51. The molecule has 0 atom stereocenters. The summed E-state index contributed by atoms with van der Waals surface area (Å²) < 4.78 is 12.0. The van der Waals surface area contributed by atoms with E-state index in [0.29, 0.717) is 13.2 Å². The molecular formula is C10H9BBrNO2. The van der Waals surface area contributed by atoms with Crippen LogP contribution in [0.1, 0.15) is 0 Å². The highest BCUT2D eigenvalue weighted by Gasteiger charge is 2.28. The minimum atomic E-state index is -0.215. The molecule has 3 rings (SSSR count). The van der Waals surface area contributed by atoms with Crippen molar-refractivity contribution in [3.8, 4) is 0 Å². The summed E-state index contributed by atoms with van der Waals surface area (Å²) in [5.74, 6) is 0. The lowest BCUT2D eigenvalue weighted by atomic mass is 9.79. The first-order valence-corrected chi connectivity index (χ1v) is 5.63. The lowest BCUT2D eigenvalue weighted by Crippen LogP contribution is -2.30. The number of aromatic amines is 1. The maximum Gasteiger partial charge on any atom is 0.496 e. The quantitative estimate of drug-likeness (QED) is 0.796. The van der Waals surface area contributed by atoms with Crippen LogP contribution in [0, 0.1) is 0 Å². The van der Waals surface area contributed by atoms with E-state index in [9.17, 15) is 0 Å². The number of fused-ring (bicyclic) bond motifs is 1. The van der Waals surface area contributed by atoms with Crippen LogP contribution in [-0.4, -0.2) is 25.3 Å². The Morgan fingerprint density at radius 3 is 2.87 bits per heavy atom. The van der Waals surface area contributed by atoms with Crippen LogP contribution in [0.3, 0.4) is 0 Å². The van der Waals surface area contributed by atoms with E-state index >= 15 is 0 Å². The fourth-order valence-electron chi connectivity index (χ4n) is 1.85. The average molecular weight is 266 g/mol. The lowest BCUT2D eigenvalue weighted by Gasteiger charge is -2.01. The summed E-state index contributed by atoms with van der Waals surface area (Å²) >= 11 is 3.46. The summed E-state index contributed by atoms with van der Waals surface area (Å²) in [4.78, 5) is 3.21. The number of aromatic nitrogens is 1. The van der Waals surface area contributed by atoms with Gasteiger partial charge in [-0.2, -0.15) is 0 Å². The van der Waals surface area contributed by atoms with Crippen molar-refractivity contribution >= 4 is 39.4 Å². The average Bonchev–Trinajstić information content (AvgIpc) is 2.83. The smallest absolute Gasteiger partial charge is 0.405 e. The molecule has 1 aromatic heterocycles.